The molecule has 0 bridgehead atoms. The van der Waals surface area contributed by atoms with Gasteiger partial charge in [0.25, 0.3) is 0 Å². The largest absolute Gasteiger partial charge is 0.450 e. The Kier molecular flexibility index (Phi) is 6.90. The minimum absolute atomic E-state index is 0.0709. The molecule has 0 saturated heterocycles. The highest BCUT2D eigenvalue weighted by Crippen LogP contribution is 2.32. The van der Waals surface area contributed by atoms with Crippen molar-refractivity contribution in [2.24, 2.45) is 10.9 Å². The highest BCUT2D eigenvalue weighted by molar-refractivity contribution is 5.79. The third-order valence-electron chi connectivity index (χ3n) is 4.03. The van der Waals surface area contributed by atoms with Crippen molar-refractivity contribution >= 4 is 12.1 Å². The predicted molar refractivity (Wildman–Crippen MR) is 96.1 cm³/mol. The number of alkyl carbamates (subject to hydrolysis) is 1. The average molecular weight is 332 g/mol. The fourth-order valence-electron chi connectivity index (χ4n) is 2.59. The van der Waals surface area contributed by atoms with Crippen LogP contribution in [0, 0.1) is 12.8 Å². The Labute approximate surface area is 144 Å². The third-order valence-corrected chi connectivity index (χ3v) is 4.03. The molecular formula is C18H28N4O2. The van der Waals surface area contributed by atoms with Crippen molar-refractivity contribution in [1.29, 1.82) is 0 Å². The van der Waals surface area contributed by atoms with E-state index in [1.165, 1.54) is 11.1 Å². The van der Waals surface area contributed by atoms with Crippen molar-refractivity contribution < 1.29 is 9.53 Å². The van der Waals surface area contributed by atoms with Gasteiger partial charge in [-0.2, -0.15) is 0 Å². The predicted octanol–water partition coefficient (Wildman–Crippen LogP) is 2.18. The summed E-state index contributed by atoms with van der Waals surface area (Å²) >= 11 is 0. The van der Waals surface area contributed by atoms with Crippen LogP contribution in [0.2, 0.25) is 0 Å². The average Bonchev–Trinajstić information content (AvgIpc) is 3.39. The summed E-state index contributed by atoms with van der Waals surface area (Å²) in [4.78, 5) is 15.9. The first-order chi connectivity index (χ1) is 11.6. The Bertz CT molecular complexity index is 570. The van der Waals surface area contributed by atoms with Crippen molar-refractivity contribution in [3.63, 3.8) is 0 Å². The Hall–Kier alpha value is -2.24. The molecule has 1 amide bonds. The number of amides is 1. The summed E-state index contributed by atoms with van der Waals surface area (Å²) in [5, 5.41) is 9.53. The highest BCUT2D eigenvalue weighted by Gasteiger charge is 2.32. The molecule has 2 rings (SSSR count). The second kappa shape index (κ2) is 9.15. The van der Waals surface area contributed by atoms with E-state index in [4.69, 9.17) is 4.74 Å². The first kappa shape index (κ1) is 18.1. The standard InChI is InChI=1S/C18H28N4O2/c1-4-24-18(23)22-16(15-8-9-15)12-21-17(19-3)20-11-14-7-5-6-13(2)10-14/h5-7,10,15-16H,4,8-9,11-12H2,1-3H3,(H,22,23)(H2,19,20,21). The van der Waals surface area contributed by atoms with Crippen LogP contribution in [-0.4, -0.2) is 38.3 Å². The van der Waals surface area contributed by atoms with Crippen molar-refractivity contribution in [3.05, 3.63) is 35.4 Å². The number of nitrogens with one attached hydrogen (secondary N) is 3. The molecule has 6 heteroatoms. The summed E-state index contributed by atoms with van der Waals surface area (Å²) in [6.45, 7) is 5.62. The van der Waals surface area contributed by atoms with Crippen LogP contribution in [0.15, 0.2) is 29.3 Å². The van der Waals surface area contributed by atoms with Crippen LogP contribution >= 0.6 is 0 Å². The van der Waals surface area contributed by atoms with Crippen molar-refractivity contribution in [1.82, 2.24) is 16.0 Å². The van der Waals surface area contributed by atoms with Gasteiger partial charge < -0.3 is 20.7 Å². The van der Waals surface area contributed by atoms with E-state index in [0.29, 0.717) is 25.6 Å². The third kappa shape index (κ3) is 6.10. The molecule has 1 aliphatic carbocycles. The Morgan fingerprint density at radius 1 is 1.38 bits per heavy atom. The van der Waals surface area contributed by atoms with Crippen molar-refractivity contribution in [3.8, 4) is 0 Å². The zero-order valence-corrected chi connectivity index (χ0v) is 14.8. The summed E-state index contributed by atoms with van der Waals surface area (Å²) in [6, 6.07) is 8.44. The number of aryl methyl sites for hydroxylation is 1. The molecule has 0 aromatic heterocycles. The van der Waals surface area contributed by atoms with Gasteiger partial charge in [0.2, 0.25) is 0 Å². The van der Waals surface area contributed by atoms with Gasteiger partial charge in [-0.3, -0.25) is 4.99 Å². The zero-order chi connectivity index (χ0) is 17.4. The number of nitrogens with zero attached hydrogens (tertiary/aromatic N) is 1. The number of benzene rings is 1. The Balaban J connectivity index is 1.79. The summed E-state index contributed by atoms with van der Waals surface area (Å²) in [7, 11) is 1.75. The second-order valence-corrected chi connectivity index (χ2v) is 6.10. The molecule has 0 spiro atoms. The van der Waals surface area contributed by atoms with Crippen LogP contribution in [-0.2, 0) is 11.3 Å². The second-order valence-electron chi connectivity index (χ2n) is 6.10. The van der Waals surface area contributed by atoms with Crippen molar-refractivity contribution in [2.75, 3.05) is 20.2 Å². The maximum Gasteiger partial charge on any atom is 0.407 e. The van der Waals surface area contributed by atoms with E-state index in [-0.39, 0.29) is 12.1 Å². The number of hydrogen-bond acceptors (Lipinski definition) is 3. The van der Waals surface area contributed by atoms with E-state index in [1.54, 1.807) is 14.0 Å². The first-order valence-corrected chi connectivity index (χ1v) is 8.55. The molecule has 0 aliphatic heterocycles. The number of aliphatic imine (C=N–C) groups is 1. The van der Waals surface area contributed by atoms with Gasteiger partial charge in [0, 0.05) is 20.1 Å². The minimum Gasteiger partial charge on any atom is -0.450 e. The highest BCUT2D eigenvalue weighted by atomic mass is 16.5. The van der Waals surface area contributed by atoms with E-state index in [9.17, 15) is 4.79 Å². The molecule has 1 aromatic rings. The summed E-state index contributed by atoms with van der Waals surface area (Å²) < 4.78 is 4.98. The molecule has 1 fully saturated rings. The maximum absolute atomic E-state index is 11.6. The van der Waals surface area contributed by atoms with Gasteiger partial charge in [-0.15, -0.1) is 0 Å². The monoisotopic (exact) mass is 332 g/mol. The lowest BCUT2D eigenvalue weighted by atomic mass is 10.1. The summed E-state index contributed by atoms with van der Waals surface area (Å²) in [6.07, 6.45) is 1.95. The molecule has 1 atom stereocenters. The summed E-state index contributed by atoms with van der Waals surface area (Å²) in [5.74, 6) is 1.25. The molecule has 0 heterocycles. The lowest BCUT2D eigenvalue weighted by molar-refractivity contribution is 0.146. The first-order valence-electron chi connectivity index (χ1n) is 8.55. The molecule has 1 aromatic carbocycles. The van der Waals surface area contributed by atoms with E-state index < -0.39 is 0 Å². The minimum atomic E-state index is -0.348. The van der Waals surface area contributed by atoms with Gasteiger partial charge in [-0.05, 0) is 38.2 Å². The Morgan fingerprint density at radius 2 is 2.17 bits per heavy atom. The fraction of sp³-hybridized carbons (Fsp3) is 0.556. The number of guanidine groups is 1. The van der Waals surface area contributed by atoms with Crippen LogP contribution in [0.1, 0.15) is 30.9 Å². The molecule has 1 unspecified atom stereocenters. The number of ether oxygens (including phenoxy) is 1. The van der Waals surface area contributed by atoms with Gasteiger partial charge in [0.15, 0.2) is 5.96 Å². The molecule has 3 N–H and O–H groups in total. The van der Waals surface area contributed by atoms with Crippen LogP contribution in [0.3, 0.4) is 0 Å². The van der Waals surface area contributed by atoms with Crippen LogP contribution in [0.25, 0.3) is 0 Å². The molecule has 132 valence electrons. The fourth-order valence-corrected chi connectivity index (χ4v) is 2.59. The maximum atomic E-state index is 11.6. The van der Waals surface area contributed by atoms with E-state index in [0.717, 1.165) is 18.8 Å². The molecule has 0 radical (unpaired) electrons. The van der Waals surface area contributed by atoms with Gasteiger partial charge in [0.05, 0.1) is 12.6 Å². The molecular weight excluding hydrogens is 304 g/mol. The van der Waals surface area contributed by atoms with Gasteiger partial charge >= 0.3 is 6.09 Å². The molecule has 1 aliphatic rings. The lowest BCUT2D eigenvalue weighted by Gasteiger charge is -2.20. The van der Waals surface area contributed by atoms with Crippen LogP contribution in [0.4, 0.5) is 4.79 Å². The molecule has 24 heavy (non-hydrogen) atoms. The van der Waals surface area contributed by atoms with E-state index in [1.807, 2.05) is 0 Å². The normalized spacial score (nSPS) is 15.5. The van der Waals surface area contributed by atoms with Crippen LogP contribution < -0.4 is 16.0 Å². The Morgan fingerprint density at radius 3 is 2.79 bits per heavy atom. The lowest BCUT2D eigenvalue weighted by Crippen LogP contribution is -2.48. The quantitative estimate of drug-likeness (QED) is 0.528. The number of carbonyl (C=O) groups is 1. The number of rotatable bonds is 7. The topological polar surface area (TPSA) is 74.8 Å². The number of hydrogen-bond donors (Lipinski definition) is 3. The van der Waals surface area contributed by atoms with Gasteiger partial charge in [0.1, 0.15) is 0 Å². The van der Waals surface area contributed by atoms with Gasteiger partial charge in [-0.1, -0.05) is 29.8 Å². The zero-order valence-electron chi connectivity index (χ0n) is 14.8. The van der Waals surface area contributed by atoms with Crippen molar-refractivity contribution in [2.45, 2.75) is 39.3 Å². The molecule has 1 saturated carbocycles. The SMILES string of the molecule is CCOC(=O)NC(CNC(=NC)NCc1cccc(C)c1)C1CC1. The van der Waals surface area contributed by atoms with Crippen LogP contribution in [0.5, 0.6) is 0 Å². The molecule has 6 nitrogen and oxygen atoms in total. The number of carbonyl (C=O) groups excluding carboxylic acids is 1. The van der Waals surface area contributed by atoms with E-state index in [2.05, 4.69) is 52.1 Å². The smallest absolute Gasteiger partial charge is 0.407 e. The summed E-state index contributed by atoms with van der Waals surface area (Å²) in [5.41, 5.74) is 2.45. The van der Waals surface area contributed by atoms with Gasteiger partial charge in [-0.25, -0.2) is 4.79 Å². The van der Waals surface area contributed by atoms with E-state index >= 15 is 0 Å².